The van der Waals surface area contributed by atoms with Gasteiger partial charge < -0.3 is 52.9 Å². The molecule has 0 aliphatic rings. The highest BCUT2D eigenvalue weighted by Gasteiger charge is 2.33. The van der Waals surface area contributed by atoms with E-state index in [4.69, 9.17) is 52.9 Å². The maximum absolute atomic E-state index is 10.2. The Balaban J connectivity index is 0. The van der Waals surface area contributed by atoms with Gasteiger partial charge in [0, 0.05) is 6.54 Å². The molecule has 0 saturated heterocycles. The van der Waals surface area contributed by atoms with Crippen molar-refractivity contribution in [3.63, 3.8) is 0 Å². The van der Waals surface area contributed by atoms with Gasteiger partial charge in [-0.05, 0) is 12.8 Å². The Hall–Kier alpha value is -2.03. The van der Waals surface area contributed by atoms with E-state index in [1.54, 1.807) is 0 Å². The Morgan fingerprint density at radius 1 is 0.960 bits per heavy atom. The van der Waals surface area contributed by atoms with Gasteiger partial charge in [0.05, 0.1) is 6.61 Å². The van der Waals surface area contributed by atoms with Gasteiger partial charge >= 0.3 is 11.9 Å². The number of carbonyl (C=O) groups is 2. The molecule has 5 atom stereocenters. The predicted octanol–water partition coefficient (Wildman–Crippen LogP) is -5.04. The Morgan fingerprint density at radius 3 is 1.84 bits per heavy atom. The van der Waals surface area contributed by atoms with Gasteiger partial charge in [-0.2, -0.15) is 0 Å². The molecule has 13 N–H and O–H groups in total. The van der Waals surface area contributed by atoms with Crippen molar-refractivity contribution in [3.05, 3.63) is 0 Å². The van der Waals surface area contributed by atoms with Gasteiger partial charge in [-0.25, -0.2) is 4.79 Å². The van der Waals surface area contributed by atoms with E-state index in [0.29, 0.717) is 19.4 Å². The lowest BCUT2D eigenvalue weighted by Crippen LogP contribution is -2.48. The molecule has 0 aliphatic heterocycles. The quantitative estimate of drug-likeness (QED) is 0.0983. The molecular weight excluding hydrogens is 344 g/mol. The first-order valence-electron chi connectivity index (χ1n) is 7.05. The number of carboxylic acids is 2. The van der Waals surface area contributed by atoms with E-state index in [9.17, 15) is 9.59 Å². The van der Waals surface area contributed by atoms with Crippen LogP contribution in [0.5, 0.6) is 0 Å². The minimum atomic E-state index is -2.20. The average Bonchev–Trinajstić information content (AvgIpc) is 2.55. The van der Waals surface area contributed by atoms with E-state index >= 15 is 0 Å². The number of aliphatic carboxylic acids is 2. The third-order valence-electron chi connectivity index (χ3n) is 2.79. The van der Waals surface area contributed by atoms with Crippen LogP contribution in [-0.4, -0.2) is 97.3 Å². The van der Waals surface area contributed by atoms with Crippen molar-refractivity contribution in [2.75, 3.05) is 13.2 Å². The van der Waals surface area contributed by atoms with Gasteiger partial charge in [-0.3, -0.25) is 9.79 Å². The van der Waals surface area contributed by atoms with Crippen molar-refractivity contribution in [1.82, 2.24) is 0 Å². The van der Waals surface area contributed by atoms with Crippen molar-refractivity contribution in [2.24, 2.45) is 22.2 Å². The van der Waals surface area contributed by atoms with Gasteiger partial charge in [0.1, 0.15) is 24.4 Å². The van der Waals surface area contributed by atoms with E-state index in [2.05, 4.69) is 4.99 Å². The lowest BCUT2D eigenvalue weighted by molar-refractivity contribution is -0.164. The second-order valence-electron chi connectivity index (χ2n) is 4.91. The summed E-state index contributed by atoms with van der Waals surface area (Å²) in [5, 5.41) is 60.2. The first-order chi connectivity index (χ1) is 11.4. The van der Waals surface area contributed by atoms with Crippen molar-refractivity contribution in [1.29, 1.82) is 0 Å². The molecule has 0 aromatic rings. The molecule has 0 rings (SSSR count). The molecule has 0 aromatic carbocycles. The van der Waals surface area contributed by atoms with Crippen LogP contribution < -0.4 is 17.2 Å². The Bertz CT molecular complexity index is 431. The monoisotopic (exact) mass is 370 g/mol. The number of hydrogen-bond donors (Lipinski definition) is 10. The van der Waals surface area contributed by atoms with Crippen molar-refractivity contribution in [2.45, 2.75) is 43.3 Å². The maximum Gasteiger partial charge on any atom is 0.335 e. The van der Waals surface area contributed by atoms with Crippen LogP contribution in [-0.2, 0) is 9.59 Å². The summed E-state index contributed by atoms with van der Waals surface area (Å²) in [6.07, 6.45) is -6.88. The molecule has 0 radical (unpaired) electrons. The predicted molar refractivity (Wildman–Crippen MR) is 84.3 cm³/mol. The van der Waals surface area contributed by atoms with Crippen LogP contribution in [0, 0.1) is 0 Å². The number of aliphatic hydroxyl groups excluding tert-OH is 5. The van der Waals surface area contributed by atoms with Crippen molar-refractivity contribution < 1.29 is 45.3 Å². The van der Waals surface area contributed by atoms with Crippen LogP contribution in [0.25, 0.3) is 0 Å². The Labute approximate surface area is 143 Å². The number of aliphatic hydroxyl groups is 5. The standard InChI is InChI=1S/C6H14N4O2.C6H12O7/c7-4(5(11)12)2-1-3-10-6(8)9;7-1-2(8)3(9)4(10)5(11)6(12)13/h4H,1-3,7H2,(H,11,12)(H4,8,9,10);2-5,7-11H,1H2,(H,12,13)/t4-;2-,3+,4+,5+/m00/s1. The Kier molecular flexibility index (Phi) is 13.4. The van der Waals surface area contributed by atoms with Crippen molar-refractivity contribution >= 4 is 17.9 Å². The number of rotatable bonds is 10. The lowest BCUT2D eigenvalue weighted by atomic mass is 10.0. The minimum Gasteiger partial charge on any atom is -0.480 e. The molecule has 25 heavy (non-hydrogen) atoms. The molecule has 0 saturated carbocycles. The number of nitrogens with two attached hydrogens (primary N) is 3. The van der Waals surface area contributed by atoms with Crippen LogP contribution in [0.4, 0.5) is 0 Å². The lowest BCUT2D eigenvalue weighted by Gasteiger charge is -2.23. The topological polar surface area (TPSA) is 266 Å². The van der Waals surface area contributed by atoms with Crippen LogP contribution in [0.1, 0.15) is 12.8 Å². The molecule has 0 aromatic heterocycles. The van der Waals surface area contributed by atoms with Gasteiger partial charge in [0.2, 0.25) is 0 Å². The smallest absolute Gasteiger partial charge is 0.335 e. The van der Waals surface area contributed by atoms with E-state index in [1.165, 1.54) is 0 Å². The molecule has 0 heterocycles. The van der Waals surface area contributed by atoms with Crippen molar-refractivity contribution in [3.8, 4) is 0 Å². The van der Waals surface area contributed by atoms with Gasteiger partial charge in [0.15, 0.2) is 12.1 Å². The zero-order valence-corrected chi connectivity index (χ0v) is 13.3. The summed E-state index contributed by atoms with van der Waals surface area (Å²) in [7, 11) is 0. The van der Waals surface area contributed by atoms with Crippen LogP contribution in [0.3, 0.4) is 0 Å². The SMILES string of the molecule is NC(N)=NCCC[C@H](N)C(=O)O.O=C(O)[C@H](O)[C@H](O)[C@H](O)[C@@H](O)CO. The van der Waals surface area contributed by atoms with Crippen LogP contribution in [0.2, 0.25) is 0 Å². The first kappa shape index (κ1) is 25.2. The van der Waals surface area contributed by atoms with E-state index < -0.39 is 49.0 Å². The number of carboxylic acid groups (broad SMARTS) is 2. The highest BCUT2D eigenvalue weighted by atomic mass is 16.4. The van der Waals surface area contributed by atoms with E-state index in [0.717, 1.165) is 0 Å². The molecule has 13 nitrogen and oxygen atoms in total. The molecule has 0 unspecified atom stereocenters. The fraction of sp³-hybridized carbons (Fsp3) is 0.750. The van der Waals surface area contributed by atoms with Crippen LogP contribution >= 0.6 is 0 Å². The molecule has 0 amide bonds. The molecule has 148 valence electrons. The second-order valence-corrected chi connectivity index (χ2v) is 4.91. The number of aliphatic imine (C=N–C) groups is 1. The van der Waals surface area contributed by atoms with E-state index in [1.807, 2.05) is 0 Å². The first-order valence-corrected chi connectivity index (χ1v) is 7.05. The summed E-state index contributed by atoms with van der Waals surface area (Å²) in [6.45, 7) is -0.423. The molecule has 0 bridgehead atoms. The summed E-state index contributed by atoms with van der Waals surface area (Å²) < 4.78 is 0. The third-order valence-corrected chi connectivity index (χ3v) is 2.79. The summed E-state index contributed by atoms with van der Waals surface area (Å²) in [4.78, 5) is 24.0. The normalized spacial score (nSPS) is 16.4. The number of hydrogen-bond acceptors (Lipinski definition) is 9. The largest absolute Gasteiger partial charge is 0.480 e. The third kappa shape index (κ3) is 12.0. The zero-order valence-electron chi connectivity index (χ0n) is 13.3. The highest BCUT2D eigenvalue weighted by molar-refractivity contribution is 5.75. The van der Waals surface area contributed by atoms with Gasteiger partial charge in [-0.1, -0.05) is 0 Å². The second kappa shape index (κ2) is 13.3. The highest BCUT2D eigenvalue weighted by Crippen LogP contribution is 2.04. The average molecular weight is 370 g/mol. The zero-order chi connectivity index (χ0) is 20.2. The summed E-state index contributed by atoms with van der Waals surface area (Å²) in [6, 6.07) is -0.820. The van der Waals surface area contributed by atoms with Gasteiger partial charge in [0.25, 0.3) is 0 Å². The number of guanidine groups is 1. The summed E-state index contributed by atoms with van der Waals surface area (Å²) >= 11 is 0. The maximum atomic E-state index is 10.2. The minimum absolute atomic E-state index is 0.0129. The fourth-order valence-electron chi connectivity index (χ4n) is 1.31. The Morgan fingerprint density at radius 2 is 1.48 bits per heavy atom. The molecule has 0 aliphatic carbocycles. The molecule has 13 heteroatoms. The molecule has 0 fully saturated rings. The summed E-state index contributed by atoms with van der Waals surface area (Å²) in [5.74, 6) is -2.71. The molecular formula is C12H26N4O9. The van der Waals surface area contributed by atoms with Crippen LogP contribution in [0.15, 0.2) is 4.99 Å². The van der Waals surface area contributed by atoms with Gasteiger partial charge in [-0.15, -0.1) is 0 Å². The number of nitrogens with zero attached hydrogens (tertiary/aromatic N) is 1. The van der Waals surface area contributed by atoms with E-state index in [-0.39, 0.29) is 5.96 Å². The fourth-order valence-corrected chi connectivity index (χ4v) is 1.31. The molecule has 0 spiro atoms. The summed E-state index contributed by atoms with van der Waals surface area (Å²) in [5.41, 5.74) is 15.3.